The standard InChI is InChI=1S/C14H21N3O2/c1-4-19-14(18)11-7-8-16-13(12(11)15)17(3)9(2)10-5-6-10/h7-10H,4-6,15H2,1-3H3. The van der Waals surface area contributed by atoms with Gasteiger partial charge in [-0.15, -0.1) is 0 Å². The summed E-state index contributed by atoms with van der Waals surface area (Å²) in [4.78, 5) is 18.2. The molecule has 0 aromatic carbocycles. The Labute approximate surface area is 113 Å². The normalized spacial score (nSPS) is 15.9. The van der Waals surface area contributed by atoms with Crippen LogP contribution in [-0.4, -0.2) is 30.6 Å². The number of carbonyl (C=O) groups is 1. The van der Waals surface area contributed by atoms with E-state index in [0.29, 0.717) is 35.6 Å². The van der Waals surface area contributed by atoms with Gasteiger partial charge < -0.3 is 15.4 Å². The Hall–Kier alpha value is -1.78. The van der Waals surface area contributed by atoms with Gasteiger partial charge >= 0.3 is 5.97 Å². The second-order valence-electron chi connectivity index (χ2n) is 5.01. The topological polar surface area (TPSA) is 68.5 Å². The maximum atomic E-state index is 11.8. The smallest absolute Gasteiger partial charge is 0.340 e. The fourth-order valence-electron chi connectivity index (χ4n) is 2.22. The third kappa shape index (κ3) is 2.80. The number of esters is 1. The maximum absolute atomic E-state index is 11.8. The molecule has 1 atom stereocenters. The molecule has 1 saturated carbocycles. The van der Waals surface area contributed by atoms with Crippen molar-refractivity contribution in [1.82, 2.24) is 4.98 Å². The number of hydrogen-bond acceptors (Lipinski definition) is 5. The number of nitrogens with two attached hydrogens (primary N) is 1. The zero-order chi connectivity index (χ0) is 14.0. The molecule has 0 radical (unpaired) electrons. The lowest BCUT2D eigenvalue weighted by molar-refractivity contribution is 0.0527. The Balaban J connectivity index is 2.25. The van der Waals surface area contributed by atoms with Crippen LogP contribution in [0.25, 0.3) is 0 Å². The lowest BCUT2D eigenvalue weighted by atomic mass is 10.1. The van der Waals surface area contributed by atoms with Crippen LogP contribution in [-0.2, 0) is 4.74 Å². The summed E-state index contributed by atoms with van der Waals surface area (Å²) in [6.07, 6.45) is 4.11. The maximum Gasteiger partial charge on any atom is 0.340 e. The molecule has 0 spiro atoms. The minimum absolute atomic E-state index is 0.338. The molecule has 19 heavy (non-hydrogen) atoms. The molecule has 1 unspecified atom stereocenters. The van der Waals surface area contributed by atoms with Gasteiger partial charge in [0.2, 0.25) is 0 Å². The van der Waals surface area contributed by atoms with Gasteiger partial charge in [-0.25, -0.2) is 9.78 Å². The predicted octanol–water partition coefficient (Wildman–Crippen LogP) is 2.08. The first-order valence-electron chi connectivity index (χ1n) is 6.70. The second kappa shape index (κ2) is 5.47. The number of pyridine rings is 1. The van der Waals surface area contributed by atoms with Gasteiger partial charge in [-0.3, -0.25) is 0 Å². The summed E-state index contributed by atoms with van der Waals surface area (Å²) in [6, 6.07) is 1.99. The molecule has 0 saturated heterocycles. The summed E-state index contributed by atoms with van der Waals surface area (Å²) in [5, 5.41) is 0. The molecule has 1 fully saturated rings. The number of ether oxygens (including phenoxy) is 1. The highest BCUT2D eigenvalue weighted by Gasteiger charge is 2.32. The van der Waals surface area contributed by atoms with Crippen molar-refractivity contribution >= 4 is 17.5 Å². The largest absolute Gasteiger partial charge is 0.462 e. The Kier molecular flexibility index (Phi) is 3.93. The molecule has 1 heterocycles. The lowest BCUT2D eigenvalue weighted by Gasteiger charge is -2.27. The highest BCUT2D eigenvalue weighted by molar-refractivity contribution is 5.97. The molecule has 5 nitrogen and oxygen atoms in total. The Morgan fingerprint density at radius 2 is 2.32 bits per heavy atom. The summed E-state index contributed by atoms with van der Waals surface area (Å²) < 4.78 is 5.00. The predicted molar refractivity (Wildman–Crippen MR) is 75.2 cm³/mol. The minimum Gasteiger partial charge on any atom is -0.462 e. The summed E-state index contributed by atoms with van der Waals surface area (Å²) in [5.41, 5.74) is 6.86. The van der Waals surface area contributed by atoms with Crippen molar-refractivity contribution < 1.29 is 9.53 Å². The molecule has 1 aliphatic rings. The van der Waals surface area contributed by atoms with Crippen LogP contribution < -0.4 is 10.6 Å². The Morgan fingerprint density at radius 3 is 2.89 bits per heavy atom. The van der Waals surface area contributed by atoms with Crippen LogP contribution in [0, 0.1) is 5.92 Å². The van der Waals surface area contributed by atoms with Crippen molar-refractivity contribution in [2.24, 2.45) is 5.92 Å². The molecule has 1 aromatic heterocycles. The fraction of sp³-hybridized carbons (Fsp3) is 0.571. The molecule has 104 valence electrons. The quantitative estimate of drug-likeness (QED) is 0.824. The van der Waals surface area contributed by atoms with E-state index in [1.807, 2.05) is 7.05 Å². The molecule has 5 heteroatoms. The van der Waals surface area contributed by atoms with Gasteiger partial charge in [0.05, 0.1) is 17.9 Å². The molecule has 1 aliphatic carbocycles. The molecule has 0 amide bonds. The van der Waals surface area contributed by atoms with E-state index in [0.717, 1.165) is 0 Å². The van der Waals surface area contributed by atoms with Crippen LogP contribution >= 0.6 is 0 Å². The molecular weight excluding hydrogens is 242 g/mol. The summed E-state index contributed by atoms with van der Waals surface area (Å²) in [5.74, 6) is 0.971. The van der Waals surface area contributed by atoms with Gasteiger partial charge in [-0.2, -0.15) is 0 Å². The fourth-order valence-corrected chi connectivity index (χ4v) is 2.22. The van der Waals surface area contributed by atoms with E-state index in [1.165, 1.54) is 12.8 Å². The second-order valence-corrected chi connectivity index (χ2v) is 5.01. The van der Waals surface area contributed by atoms with E-state index in [-0.39, 0.29) is 0 Å². The molecule has 2 N–H and O–H groups in total. The first-order chi connectivity index (χ1) is 9.06. The van der Waals surface area contributed by atoms with Crippen molar-refractivity contribution in [3.8, 4) is 0 Å². The SMILES string of the molecule is CCOC(=O)c1ccnc(N(C)C(C)C2CC2)c1N. The molecule has 2 rings (SSSR count). The zero-order valence-corrected chi connectivity index (χ0v) is 11.7. The van der Waals surface area contributed by atoms with E-state index in [4.69, 9.17) is 10.5 Å². The van der Waals surface area contributed by atoms with Gasteiger partial charge in [0.25, 0.3) is 0 Å². The average molecular weight is 263 g/mol. The molecule has 1 aromatic rings. The van der Waals surface area contributed by atoms with Crippen molar-refractivity contribution in [2.75, 3.05) is 24.3 Å². The minimum atomic E-state index is -0.392. The van der Waals surface area contributed by atoms with Crippen LogP contribution in [0.15, 0.2) is 12.3 Å². The number of aromatic nitrogens is 1. The van der Waals surface area contributed by atoms with Gasteiger partial charge in [0.15, 0.2) is 5.82 Å². The van der Waals surface area contributed by atoms with Crippen molar-refractivity contribution in [2.45, 2.75) is 32.7 Å². The van der Waals surface area contributed by atoms with Crippen LogP contribution in [0.2, 0.25) is 0 Å². The molecular formula is C14H21N3O2. The zero-order valence-electron chi connectivity index (χ0n) is 11.7. The van der Waals surface area contributed by atoms with Crippen LogP contribution in [0.5, 0.6) is 0 Å². The van der Waals surface area contributed by atoms with Gasteiger partial charge in [-0.05, 0) is 38.7 Å². The summed E-state index contributed by atoms with van der Waals surface area (Å²) >= 11 is 0. The van der Waals surface area contributed by atoms with Gasteiger partial charge in [0, 0.05) is 19.3 Å². The summed E-state index contributed by atoms with van der Waals surface area (Å²) in [6.45, 7) is 4.28. The van der Waals surface area contributed by atoms with Gasteiger partial charge in [-0.1, -0.05) is 0 Å². The third-order valence-electron chi connectivity index (χ3n) is 3.71. The number of rotatable bonds is 5. The lowest BCUT2D eigenvalue weighted by Crippen LogP contribution is -2.32. The van der Waals surface area contributed by atoms with E-state index in [1.54, 1.807) is 19.2 Å². The monoisotopic (exact) mass is 263 g/mol. The number of nitrogens with zero attached hydrogens (tertiary/aromatic N) is 2. The number of anilines is 2. The van der Waals surface area contributed by atoms with E-state index in [2.05, 4.69) is 16.8 Å². The molecule has 0 bridgehead atoms. The Bertz CT molecular complexity index is 472. The highest BCUT2D eigenvalue weighted by Crippen LogP contribution is 2.37. The highest BCUT2D eigenvalue weighted by atomic mass is 16.5. The Morgan fingerprint density at radius 1 is 1.63 bits per heavy atom. The van der Waals surface area contributed by atoms with Crippen molar-refractivity contribution in [1.29, 1.82) is 0 Å². The first kappa shape index (κ1) is 13.6. The third-order valence-corrected chi connectivity index (χ3v) is 3.71. The van der Waals surface area contributed by atoms with Crippen molar-refractivity contribution in [3.63, 3.8) is 0 Å². The number of nitrogen functional groups attached to an aromatic ring is 1. The van der Waals surface area contributed by atoms with Crippen molar-refractivity contribution in [3.05, 3.63) is 17.8 Å². The summed E-state index contributed by atoms with van der Waals surface area (Å²) in [7, 11) is 1.97. The number of hydrogen-bond donors (Lipinski definition) is 1. The van der Waals surface area contributed by atoms with Gasteiger partial charge in [0.1, 0.15) is 0 Å². The first-order valence-corrected chi connectivity index (χ1v) is 6.70. The molecule has 0 aliphatic heterocycles. The average Bonchev–Trinajstić information content (AvgIpc) is 3.22. The van der Waals surface area contributed by atoms with Crippen LogP contribution in [0.3, 0.4) is 0 Å². The van der Waals surface area contributed by atoms with Crippen LogP contribution in [0.1, 0.15) is 37.0 Å². The van der Waals surface area contributed by atoms with Crippen LogP contribution in [0.4, 0.5) is 11.5 Å². The van der Waals surface area contributed by atoms with E-state index < -0.39 is 5.97 Å². The van der Waals surface area contributed by atoms with E-state index >= 15 is 0 Å². The number of carbonyl (C=O) groups excluding carboxylic acids is 1. The van der Waals surface area contributed by atoms with E-state index in [9.17, 15) is 4.79 Å².